The highest BCUT2D eigenvalue weighted by molar-refractivity contribution is 7.09. The van der Waals surface area contributed by atoms with Crippen LogP contribution in [-0.4, -0.2) is 33.5 Å². The van der Waals surface area contributed by atoms with Gasteiger partial charge in [0.2, 0.25) is 0 Å². The van der Waals surface area contributed by atoms with Gasteiger partial charge in [-0.15, -0.1) is 11.3 Å². The van der Waals surface area contributed by atoms with Gasteiger partial charge < -0.3 is 5.11 Å². The molecule has 0 fully saturated rings. The minimum atomic E-state index is -0.855. The Kier molecular flexibility index (Phi) is 3.23. The summed E-state index contributed by atoms with van der Waals surface area (Å²) in [4.78, 5) is 16.8. The van der Waals surface area contributed by atoms with E-state index in [1.165, 1.54) is 11.3 Å². The smallest absolute Gasteiger partial charge is 0.323 e. The van der Waals surface area contributed by atoms with Crippen molar-refractivity contribution in [3.63, 3.8) is 0 Å². The Hall–Kier alpha value is -0.940. The Morgan fingerprint density at radius 1 is 1.71 bits per heavy atom. The standard InChI is InChI=1S/C9H14N2O2S/c1-9(2,8(12)13)11(3)6-7-10-4-5-14-7/h4-5H,6H2,1-3H3,(H,12,13). The van der Waals surface area contributed by atoms with Gasteiger partial charge >= 0.3 is 5.97 Å². The van der Waals surface area contributed by atoms with Gasteiger partial charge in [0.15, 0.2) is 0 Å². The maximum atomic E-state index is 10.9. The molecule has 0 aliphatic carbocycles. The van der Waals surface area contributed by atoms with E-state index in [4.69, 9.17) is 5.11 Å². The predicted molar refractivity (Wildman–Crippen MR) is 55.3 cm³/mol. The summed E-state index contributed by atoms with van der Waals surface area (Å²) in [5, 5.41) is 11.8. The molecule has 0 amide bonds. The molecule has 1 N–H and O–H groups in total. The maximum Gasteiger partial charge on any atom is 0.323 e. The molecule has 0 saturated heterocycles. The highest BCUT2D eigenvalue weighted by atomic mass is 32.1. The van der Waals surface area contributed by atoms with Gasteiger partial charge in [0.25, 0.3) is 0 Å². The van der Waals surface area contributed by atoms with Crippen molar-refractivity contribution in [1.82, 2.24) is 9.88 Å². The second kappa shape index (κ2) is 4.06. The first-order valence-corrected chi connectivity index (χ1v) is 5.15. The lowest BCUT2D eigenvalue weighted by molar-refractivity contribution is -0.148. The Morgan fingerprint density at radius 3 is 2.79 bits per heavy atom. The third-order valence-corrected chi connectivity index (χ3v) is 3.10. The summed E-state index contributed by atoms with van der Waals surface area (Å²) in [6.45, 7) is 3.93. The van der Waals surface area contributed by atoms with Crippen molar-refractivity contribution in [2.45, 2.75) is 25.9 Å². The van der Waals surface area contributed by atoms with Crippen LogP contribution in [0.5, 0.6) is 0 Å². The molecule has 0 atom stereocenters. The summed E-state index contributed by atoms with van der Waals surface area (Å²) in [6.07, 6.45) is 1.72. The first-order valence-electron chi connectivity index (χ1n) is 4.27. The van der Waals surface area contributed by atoms with Gasteiger partial charge in [0.05, 0.1) is 6.54 Å². The second-order valence-corrected chi connectivity index (χ2v) is 4.63. The number of aromatic nitrogens is 1. The number of thiazole rings is 1. The zero-order valence-electron chi connectivity index (χ0n) is 8.52. The van der Waals surface area contributed by atoms with E-state index in [1.54, 1.807) is 32.0 Å². The molecule has 4 nitrogen and oxygen atoms in total. The van der Waals surface area contributed by atoms with E-state index in [-0.39, 0.29) is 0 Å². The lowest BCUT2D eigenvalue weighted by Gasteiger charge is -2.30. The minimum Gasteiger partial charge on any atom is -0.480 e. The molecule has 14 heavy (non-hydrogen) atoms. The van der Waals surface area contributed by atoms with Crippen LogP contribution in [0.3, 0.4) is 0 Å². The van der Waals surface area contributed by atoms with Gasteiger partial charge in [0.1, 0.15) is 10.5 Å². The third-order valence-electron chi connectivity index (χ3n) is 2.33. The van der Waals surface area contributed by atoms with Crippen molar-refractivity contribution >= 4 is 17.3 Å². The second-order valence-electron chi connectivity index (χ2n) is 3.65. The molecule has 0 unspecified atom stereocenters. The van der Waals surface area contributed by atoms with Crippen LogP contribution in [0.15, 0.2) is 11.6 Å². The summed E-state index contributed by atoms with van der Waals surface area (Å²) in [7, 11) is 1.79. The summed E-state index contributed by atoms with van der Waals surface area (Å²) in [5.74, 6) is -0.823. The van der Waals surface area contributed by atoms with Crippen molar-refractivity contribution in [1.29, 1.82) is 0 Å². The molecule has 0 bridgehead atoms. The summed E-state index contributed by atoms with van der Waals surface area (Å²) >= 11 is 1.53. The van der Waals surface area contributed by atoms with E-state index in [0.717, 1.165) is 5.01 Å². The normalized spacial score (nSPS) is 12.0. The van der Waals surface area contributed by atoms with Crippen molar-refractivity contribution in [3.05, 3.63) is 16.6 Å². The van der Waals surface area contributed by atoms with Gasteiger partial charge in [-0.05, 0) is 20.9 Å². The van der Waals surface area contributed by atoms with E-state index in [2.05, 4.69) is 4.98 Å². The van der Waals surface area contributed by atoms with Gasteiger partial charge in [-0.25, -0.2) is 4.98 Å². The maximum absolute atomic E-state index is 10.9. The van der Waals surface area contributed by atoms with E-state index in [9.17, 15) is 4.79 Å². The largest absolute Gasteiger partial charge is 0.480 e. The molecule has 0 saturated carbocycles. The van der Waals surface area contributed by atoms with Crippen molar-refractivity contribution in [2.75, 3.05) is 7.05 Å². The van der Waals surface area contributed by atoms with E-state index in [1.807, 2.05) is 5.38 Å². The Labute approximate surface area is 87.2 Å². The molecule has 0 aliphatic rings. The molecular weight excluding hydrogens is 200 g/mol. The number of carboxylic acids is 1. The molecule has 1 aromatic rings. The topological polar surface area (TPSA) is 53.4 Å². The lowest BCUT2D eigenvalue weighted by Crippen LogP contribution is -2.47. The van der Waals surface area contributed by atoms with Gasteiger partial charge in [0, 0.05) is 11.6 Å². The zero-order chi connectivity index (χ0) is 10.8. The molecule has 1 rings (SSSR count). The van der Waals surface area contributed by atoms with Crippen LogP contribution in [0.25, 0.3) is 0 Å². The SMILES string of the molecule is CN(Cc1nccs1)C(C)(C)C(=O)O. The zero-order valence-corrected chi connectivity index (χ0v) is 9.34. The highest BCUT2D eigenvalue weighted by Crippen LogP contribution is 2.16. The van der Waals surface area contributed by atoms with Gasteiger partial charge in [-0.3, -0.25) is 9.69 Å². The average Bonchev–Trinajstić information content (AvgIpc) is 2.56. The molecule has 0 spiro atoms. The van der Waals surface area contributed by atoms with E-state index in [0.29, 0.717) is 6.54 Å². The van der Waals surface area contributed by atoms with Crippen LogP contribution in [-0.2, 0) is 11.3 Å². The monoisotopic (exact) mass is 214 g/mol. The summed E-state index contributed by atoms with van der Waals surface area (Å²) in [5.41, 5.74) is -0.855. The summed E-state index contributed by atoms with van der Waals surface area (Å²) in [6, 6.07) is 0. The van der Waals surface area contributed by atoms with Crippen LogP contribution in [0, 0.1) is 0 Å². The molecule has 1 heterocycles. The number of hydrogen-bond donors (Lipinski definition) is 1. The quantitative estimate of drug-likeness (QED) is 0.824. The van der Waals surface area contributed by atoms with Crippen LogP contribution in [0.2, 0.25) is 0 Å². The first-order chi connectivity index (χ1) is 6.44. The Balaban J connectivity index is 2.67. The first kappa shape index (κ1) is 11.1. The molecule has 1 aromatic heterocycles. The van der Waals surface area contributed by atoms with Crippen LogP contribution in [0.1, 0.15) is 18.9 Å². The fraction of sp³-hybridized carbons (Fsp3) is 0.556. The van der Waals surface area contributed by atoms with Crippen molar-refractivity contribution < 1.29 is 9.90 Å². The van der Waals surface area contributed by atoms with Gasteiger partial charge in [-0.2, -0.15) is 0 Å². The average molecular weight is 214 g/mol. The molecule has 5 heteroatoms. The lowest BCUT2D eigenvalue weighted by atomic mass is 10.0. The predicted octanol–water partition coefficient (Wildman–Crippen LogP) is 1.44. The molecular formula is C9H14N2O2S. The molecule has 0 radical (unpaired) electrons. The van der Waals surface area contributed by atoms with E-state index >= 15 is 0 Å². The number of aliphatic carboxylic acids is 1. The molecule has 78 valence electrons. The number of rotatable bonds is 4. The van der Waals surface area contributed by atoms with Crippen molar-refractivity contribution in [2.24, 2.45) is 0 Å². The van der Waals surface area contributed by atoms with Crippen molar-refractivity contribution in [3.8, 4) is 0 Å². The Bertz CT molecular complexity index is 309. The van der Waals surface area contributed by atoms with Crippen LogP contribution >= 0.6 is 11.3 Å². The van der Waals surface area contributed by atoms with E-state index < -0.39 is 11.5 Å². The number of hydrogen-bond acceptors (Lipinski definition) is 4. The Morgan fingerprint density at radius 2 is 2.36 bits per heavy atom. The summed E-state index contributed by atoms with van der Waals surface area (Å²) < 4.78 is 0. The third kappa shape index (κ3) is 2.30. The minimum absolute atomic E-state index is 0.566. The van der Waals surface area contributed by atoms with Gasteiger partial charge in [-0.1, -0.05) is 0 Å². The van der Waals surface area contributed by atoms with Crippen LogP contribution in [0.4, 0.5) is 0 Å². The molecule has 0 aliphatic heterocycles. The van der Waals surface area contributed by atoms with Crippen LogP contribution < -0.4 is 0 Å². The number of carboxylic acid groups (broad SMARTS) is 1. The highest BCUT2D eigenvalue weighted by Gasteiger charge is 2.32. The number of carbonyl (C=O) groups is 1. The fourth-order valence-electron chi connectivity index (χ4n) is 0.895. The fourth-order valence-corrected chi connectivity index (χ4v) is 1.56. The number of nitrogens with zero attached hydrogens (tertiary/aromatic N) is 2. The molecule has 0 aromatic carbocycles. The number of likely N-dealkylation sites (N-methyl/N-ethyl adjacent to an activating group) is 1.